The number of thiophene rings is 2. The maximum absolute atomic E-state index is 12.1. The Kier molecular flexibility index (Phi) is 4.76. The fourth-order valence-electron chi connectivity index (χ4n) is 2.25. The summed E-state index contributed by atoms with van der Waals surface area (Å²) in [6.45, 7) is 0.100. The molecule has 3 rings (SSSR count). The van der Waals surface area contributed by atoms with Crippen molar-refractivity contribution in [2.75, 3.05) is 11.9 Å². The Balaban J connectivity index is 1.72. The second kappa shape index (κ2) is 6.95. The second-order valence-electron chi connectivity index (χ2n) is 5.02. The summed E-state index contributed by atoms with van der Waals surface area (Å²) in [5.74, 6) is 0. The van der Waals surface area contributed by atoms with E-state index in [9.17, 15) is 9.90 Å². The summed E-state index contributed by atoms with van der Waals surface area (Å²) in [7, 11) is 0. The van der Waals surface area contributed by atoms with Crippen LogP contribution in [0.2, 0.25) is 0 Å². The lowest BCUT2D eigenvalue weighted by atomic mass is 9.94. The maximum atomic E-state index is 12.1. The van der Waals surface area contributed by atoms with Gasteiger partial charge in [-0.15, -0.1) is 11.3 Å². The predicted molar refractivity (Wildman–Crippen MR) is 95.1 cm³/mol. The molecule has 4 nitrogen and oxygen atoms in total. The van der Waals surface area contributed by atoms with Gasteiger partial charge >= 0.3 is 6.03 Å². The number of aliphatic hydroxyl groups is 1. The van der Waals surface area contributed by atoms with E-state index in [0.29, 0.717) is 5.69 Å². The number of anilines is 1. The molecule has 0 saturated heterocycles. The van der Waals surface area contributed by atoms with Crippen LogP contribution in [0, 0.1) is 0 Å². The first kappa shape index (κ1) is 15.7. The summed E-state index contributed by atoms with van der Waals surface area (Å²) in [4.78, 5) is 12.9. The minimum absolute atomic E-state index is 0.100. The number of urea groups is 1. The third-order valence-corrected chi connectivity index (χ3v) is 5.17. The molecule has 1 aromatic carbocycles. The van der Waals surface area contributed by atoms with Crippen LogP contribution in [0.3, 0.4) is 0 Å². The highest BCUT2D eigenvalue weighted by Gasteiger charge is 2.33. The molecule has 0 radical (unpaired) electrons. The van der Waals surface area contributed by atoms with E-state index in [0.717, 1.165) is 10.4 Å². The van der Waals surface area contributed by atoms with Crippen LogP contribution in [0.5, 0.6) is 0 Å². The number of amides is 2. The van der Waals surface area contributed by atoms with Crippen molar-refractivity contribution in [3.63, 3.8) is 0 Å². The Labute approximate surface area is 142 Å². The van der Waals surface area contributed by atoms with Crippen molar-refractivity contribution in [1.29, 1.82) is 0 Å². The molecule has 0 unspecified atom stereocenters. The third-order valence-electron chi connectivity index (χ3n) is 3.46. The van der Waals surface area contributed by atoms with Gasteiger partial charge in [0.2, 0.25) is 0 Å². The van der Waals surface area contributed by atoms with Crippen molar-refractivity contribution in [1.82, 2.24) is 5.32 Å². The van der Waals surface area contributed by atoms with Gasteiger partial charge in [0.25, 0.3) is 0 Å². The van der Waals surface area contributed by atoms with Crippen LogP contribution in [0.1, 0.15) is 10.4 Å². The monoisotopic (exact) mass is 344 g/mol. The SMILES string of the molecule is O=C(NC[C@](O)(c1ccsc1)c1cccs1)Nc1ccccc1. The number of hydrogen-bond donors (Lipinski definition) is 3. The number of carbonyl (C=O) groups is 1. The van der Waals surface area contributed by atoms with Crippen LogP contribution < -0.4 is 10.6 Å². The largest absolute Gasteiger partial charge is 0.378 e. The summed E-state index contributed by atoms with van der Waals surface area (Å²) in [5, 5.41) is 22.4. The molecule has 3 aromatic rings. The Morgan fingerprint density at radius 2 is 1.91 bits per heavy atom. The first-order chi connectivity index (χ1) is 11.2. The molecule has 0 spiro atoms. The summed E-state index contributed by atoms with van der Waals surface area (Å²) in [6, 6.07) is 14.5. The molecule has 0 aliphatic heterocycles. The fourth-order valence-corrected chi connectivity index (χ4v) is 3.82. The van der Waals surface area contributed by atoms with Crippen LogP contribution in [-0.4, -0.2) is 17.7 Å². The Morgan fingerprint density at radius 3 is 2.57 bits per heavy atom. The molecule has 3 N–H and O–H groups in total. The lowest BCUT2D eigenvalue weighted by Gasteiger charge is -2.27. The van der Waals surface area contributed by atoms with Crippen LogP contribution in [0.15, 0.2) is 64.7 Å². The smallest absolute Gasteiger partial charge is 0.319 e. The third kappa shape index (κ3) is 3.61. The van der Waals surface area contributed by atoms with Gasteiger partial charge in [0, 0.05) is 16.1 Å². The molecule has 6 heteroatoms. The van der Waals surface area contributed by atoms with Gasteiger partial charge in [0.1, 0.15) is 5.60 Å². The van der Waals surface area contributed by atoms with Gasteiger partial charge in [-0.25, -0.2) is 4.79 Å². The number of hydrogen-bond acceptors (Lipinski definition) is 4. The van der Waals surface area contributed by atoms with Crippen LogP contribution in [0.25, 0.3) is 0 Å². The van der Waals surface area contributed by atoms with Gasteiger partial charge in [0.05, 0.1) is 6.54 Å². The number of benzene rings is 1. The molecule has 0 aliphatic rings. The van der Waals surface area contributed by atoms with E-state index in [-0.39, 0.29) is 12.6 Å². The van der Waals surface area contributed by atoms with Crippen molar-refractivity contribution >= 4 is 34.4 Å². The molecule has 118 valence electrons. The van der Waals surface area contributed by atoms with Crippen molar-refractivity contribution in [2.45, 2.75) is 5.60 Å². The van der Waals surface area contributed by atoms with E-state index in [4.69, 9.17) is 0 Å². The standard InChI is InChI=1S/C17H16N2O2S2/c20-16(19-14-5-2-1-3-6-14)18-12-17(21,13-8-10-22-11-13)15-7-4-9-23-15/h1-11,21H,12H2,(H2,18,19,20)/t17-/m0/s1. The molecule has 0 saturated carbocycles. The first-order valence-corrected chi connectivity index (χ1v) is 8.90. The van der Waals surface area contributed by atoms with Gasteiger partial charge in [-0.05, 0) is 40.4 Å². The molecule has 1 atom stereocenters. The van der Waals surface area contributed by atoms with Gasteiger partial charge in [0.15, 0.2) is 0 Å². The molecular weight excluding hydrogens is 328 g/mol. The highest BCUT2D eigenvalue weighted by Crippen LogP contribution is 2.33. The van der Waals surface area contributed by atoms with E-state index in [1.807, 2.05) is 64.7 Å². The maximum Gasteiger partial charge on any atom is 0.319 e. The molecule has 2 heterocycles. The van der Waals surface area contributed by atoms with Gasteiger partial charge in [-0.2, -0.15) is 11.3 Å². The van der Waals surface area contributed by atoms with Crippen LogP contribution in [0.4, 0.5) is 10.5 Å². The quantitative estimate of drug-likeness (QED) is 0.658. The molecule has 0 bridgehead atoms. The normalized spacial score (nSPS) is 13.3. The Bertz CT molecular complexity index is 706. The summed E-state index contributed by atoms with van der Waals surface area (Å²) in [5.41, 5.74) is 0.271. The molecule has 2 aromatic heterocycles. The number of carbonyl (C=O) groups excluding carboxylic acids is 1. The first-order valence-electron chi connectivity index (χ1n) is 7.07. The number of rotatable bonds is 5. The van der Waals surface area contributed by atoms with Gasteiger partial charge in [-0.3, -0.25) is 0 Å². The average Bonchev–Trinajstić information content (AvgIpc) is 3.27. The zero-order chi connectivity index (χ0) is 16.1. The molecule has 2 amide bonds. The van der Waals surface area contributed by atoms with E-state index >= 15 is 0 Å². The van der Waals surface area contributed by atoms with Crippen molar-refractivity contribution in [3.05, 3.63) is 75.1 Å². The highest BCUT2D eigenvalue weighted by atomic mass is 32.1. The Morgan fingerprint density at radius 1 is 1.09 bits per heavy atom. The summed E-state index contributed by atoms with van der Waals surface area (Å²) in [6.07, 6.45) is 0. The Hall–Kier alpha value is -2.15. The molecule has 0 fully saturated rings. The molecule has 0 aliphatic carbocycles. The number of para-hydroxylation sites is 1. The van der Waals surface area contributed by atoms with E-state index in [1.165, 1.54) is 22.7 Å². The van der Waals surface area contributed by atoms with Crippen LogP contribution >= 0.6 is 22.7 Å². The summed E-state index contributed by atoms with van der Waals surface area (Å²) < 4.78 is 0. The van der Waals surface area contributed by atoms with Crippen molar-refractivity contribution in [3.8, 4) is 0 Å². The zero-order valence-corrected chi connectivity index (χ0v) is 13.9. The van der Waals surface area contributed by atoms with Crippen LogP contribution in [-0.2, 0) is 5.60 Å². The van der Waals surface area contributed by atoms with E-state index in [1.54, 1.807) is 0 Å². The van der Waals surface area contributed by atoms with E-state index < -0.39 is 5.60 Å². The lowest BCUT2D eigenvalue weighted by molar-refractivity contribution is 0.0871. The van der Waals surface area contributed by atoms with E-state index in [2.05, 4.69) is 10.6 Å². The van der Waals surface area contributed by atoms with Crippen molar-refractivity contribution in [2.24, 2.45) is 0 Å². The van der Waals surface area contributed by atoms with Gasteiger partial charge < -0.3 is 15.7 Å². The molecular formula is C17H16N2O2S2. The molecule has 23 heavy (non-hydrogen) atoms. The highest BCUT2D eigenvalue weighted by molar-refractivity contribution is 7.10. The second-order valence-corrected chi connectivity index (χ2v) is 6.75. The average molecular weight is 344 g/mol. The minimum Gasteiger partial charge on any atom is -0.378 e. The lowest BCUT2D eigenvalue weighted by Crippen LogP contribution is -2.42. The minimum atomic E-state index is -1.22. The predicted octanol–water partition coefficient (Wildman–Crippen LogP) is 3.87. The summed E-state index contributed by atoms with van der Waals surface area (Å²) >= 11 is 2.98. The van der Waals surface area contributed by atoms with Gasteiger partial charge in [-0.1, -0.05) is 24.3 Å². The topological polar surface area (TPSA) is 61.4 Å². The van der Waals surface area contributed by atoms with Crippen molar-refractivity contribution < 1.29 is 9.90 Å². The number of nitrogens with one attached hydrogen (secondary N) is 2. The zero-order valence-electron chi connectivity index (χ0n) is 12.2. The fraction of sp³-hybridized carbons (Fsp3) is 0.118.